The monoisotopic (exact) mass is 383 g/mol. The van der Waals surface area contributed by atoms with E-state index >= 15 is 0 Å². The summed E-state index contributed by atoms with van der Waals surface area (Å²) in [5.41, 5.74) is 1.80. The quantitative estimate of drug-likeness (QED) is 0.586. The Kier molecular flexibility index (Phi) is 5.03. The largest absolute Gasteiger partial charge is 0.334 e. The highest BCUT2D eigenvalue weighted by Gasteiger charge is 2.47. The summed E-state index contributed by atoms with van der Waals surface area (Å²) in [5.74, 6) is -1.42. The lowest BCUT2D eigenvalue weighted by molar-refractivity contribution is -0.144. The summed E-state index contributed by atoms with van der Waals surface area (Å²) in [7, 11) is 0. The van der Waals surface area contributed by atoms with Crippen molar-refractivity contribution in [3.8, 4) is 0 Å². The van der Waals surface area contributed by atoms with Crippen LogP contribution in [0.1, 0.15) is 48.4 Å². The predicted octanol–water partition coefficient (Wildman–Crippen LogP) is 3.36. The van der Waals surface area contributed by atoms with Crippen molar-refractivity contribution >= 4 is 29.2 Å². The van der Waals surface area contributed by atoms with E-state index < -0.39 is 17.8 Å². The average molecular weight is 383 g/mol. The van der Waals surface area contributed by atoms with Crippen LogP contribution >= 0.6 is 11.3 Å². The molecule has 2 heterocycles. The second-order valence-electron chi connectivity index (χ2n) is 7.04. The number of amides is 4. The van der Waals surface area contributed by atoms with E-state index in [1.807, 2.05) is 35.7 Å². The minimum absolute atomic E-state index is 0.0535. The SMILES string of the molecule is O=C1C(=O)N(C2CCCCC2)C(=O)N1Cc1csc(Cc2ccccc2)n1. The van der Waals surface area contributed by atoms with Crippen LogP contribution in [-0.4, -0.2) is 38.7 Å². The molecule has 0 N–H and O–H groups in total. The van der Waals surface area contributed by atoms with Gasteiger partial charge in [-0.2, -0.15) is 0 Å². The van der Waals surface area contributed by atoms with Gasteiger partial charge in [-0.3, -0.25) is 14.5 Å². The lowest BCUT2D eigenvalue weighted by atomic mass is 9.94. The van der Waals surface area contributed by atoms with E-state index in [1.54, 1.807) is 0 Å². The van der Waals surface area contributed by atoms with E-state index in [1.165, 1.54) is 16.2 Å². The van der Waals surface area contributed by atoms with Crippen LogP contribution < -0.4 is 0 Å². The summed E-state index contributed by atoms with van der Waals surface area (Å²) in [5, 5.41) is 2.78. The molecule has 1 aliphatic heterocycles. The lowest BCUT2D eigenvalue weighted by Crippen LogP contribution is -2.42. The first-order valence-corrected chi connectivity index (χ1v) is 10.2. The van der Waals surface area contributed by atoms with Crippen molar-refractivity contribution in [3.63, 3.8) is 0 Å². The smallest absolute Gasteiger partial charge is 0.263 e. The zero-order chi connectivity index (χ0) is 18.8. The van der Waals surface area contributed by atoms with Gasteiger partial charge in [0.1, 0.15) is 0 Å². The highest BCUT2D eigenvalue weighted by atomic mass is 32.1. The number of benzene rings is 1. The third kappa shape index (κ3) is 3.64. The Bertz CT molecular complexity index is 858. The van der Waals surface area contributed by atoms with Crippen LogP contribution in [0.5, 0.6) is 0 Å². The van der Waals surface area contributed by atoms with Crippen molar-refractivity contribution in [1.29, 1.82) is 0 Å². The van der Waals surface area contributed by atoms with Crippen LogP contribution in [0, 0.1) is 0 Å². The molecule has 6 nitrogen and oxygen atoms in total. The second kappa shape index (κ2) is 7.60. The Morgan fingerprint density at radius 2 is 1.74 bits per heavy atom. The first-order chi connectivity index (χ1) is 13.1. The van der Waals surface area contributed by atoms with Gasteiger partial charge in [0, 0.05) is 17.8 Å². The fourth-order valence-electron chi connectivity index (χ4n) is 3.76. The molecule has 1 aromatic heterocycles. The molecule has 2 aromatic rings. The molecule has 1 saturated heterocycles. The number of urea groups is 1. The van der Waals surface area contributed by atoms with Gasteiger partial charge in [-0.25, -0.2) is 14.7 Å². The Morgan fingerprint density at radius 3 is 2.48 bits per heavy atom. The molecule has 2 fully saturated rings. The third-order valence-corrected chi connectivity index (χ3v) is 6.04. The maximum Gasteiger partial charge on any atom is 0.334 e. The van der Waals surface area contributed by atoms with E-state index in [2.05, 4.69) is 4.98 Å². The molecular formula is C20H21N3O3S. The summed E-state index contributed by atoms with van der Waals surface area (Å²) >= 11 is 1.50. The molecule has 140 valence electrons. The van der Waals surface area contributed by atoms with Crippen molar-refractivity contribution in [3.05, 3.63) is 52.0 Å². The van der Waals surface area contributed by atoms with Crippen molar-refractivity contribution in [2.45, 2.75) is 51.1 Å². The molecule has 4 rings (SSSR count). The van der Waals surface area contributed by atoms with Gasteiger partial charge in [0.25, 0.3) is 0 Å². The molecule has 4 amide bonds. The van der Waals surface area contributed by atoms with E-state index in [0.29, 0.717) is 12.1 Å². The van der Waals surface area contributed by atoms with Crippen molar-refractivity contribution in [2.75, 3.05) is 0 Å². The van der Waals surface area contributed by atoms with E-state index in [9.17, 15) is 14.4 Å². The number of carbonyl (C=O) groups excluding carboxylic acids is 3. The number of carbonyl (C=O) groups is 3. The first-order valence-electron chi connectivity index (χ1n) is 9.29. The number of hydrogen-bond acceptors (Lipinski definition) is 5. The third-order valence-electron chi connectivity index (χ3n) is 5.14. The molecule has 2 aliphatic rings. The fourth-order valence-corrected chi connectivity index (χ4v) is 4.58. The maximum atomic E-state index is 12.7. The van der Waals surface area contributed by atoms with Crippen LogP contribution in [0.15, 0.2) is 35.7 Å². The first kappa shape index (κ1) is 17.9. The van der Waals surface area contributed by atoms with E-state index in [0.717, 1.165) is 47.6 Å². The van der Waals surface area contributed by atoms with Crippen LogP contribution in [0.3, 0.4) is 0 Å². The Balaban J connectivity index is 1.45. The molecule has 0 spiro atoms. The number of aromatic nitrogens is 1. The minimum atomic E-state index is -0.733. The highest BCUT2D eigenvalue weighted by molar-refractivity contribution is 7.09. The number of thiazole rings is 1. The summed E-state index contributed by atoms with van der Waals surface area (Å²) in [6.45, 7) is 0.0535. The second-order valence-corrected chi connectivity index (χ2v) is 7.98. The topological polar surface area (TPSA) is 70.6 Å². The van der Waals surface area contributed by atoms with Gasteiger partial charge in [0.2, 0.25) is 0 Å². The molecule has 0 unspecified atom stereocenters. The van der Waals surface area contributed by atoms with Crippen molar-refractivity contribution in [2.24, 2.45) is 0 Å². The molecule has 0 bridgehead atoms. The van der Waals surface area contributed by atoms with Crippen molar-refractivity contribution in [1.82, 2.24) is 14.8 Å². The van der Waals surface area contributed by atoms with Gasteiger partial charge in [-0.1, -0.05) is 49.6 Å². The van der Waals surface area contributed by atoms with Crippen LogP contribution in [0.2, 0.25) is 0 Å². The van der Waals surface area contributed by atoms with Crippen LogP contribution in [-0.2, 0) is 22.6 Å². The standard InChI is InChI=1S/C20H21N3O3S/c24-18-19(25)23(16-9-5-2-6-10-16)20(26)22(18)12-15-13-27-17(21-15)11-14-7-3-1-4-8-14/h1,3-4,7-8,13,16H,2,5-6,9-12H2. The molecule has 27 heavy (non-hydrogen) atoms. The van der Waals surface area contributed by atoms with Crippen LogP contribution in [0.25, 0.3) is 0 Å². The van der Waals surface area contributed by atoms with Crippen molar-refractivity contribution < 1.29 is 14.4 Å². The van der Waals surface area contributed by atoms with Gasteiger partial charge in [0.05, 0.1) is 17.2 Å². The normalized spacial score (nSPS) is 18.6. The Labute approximate surface area is 161 Å². The van der Waals surface area contributed by atoms with Gasteiger partial charge >= 0.3 is 17.8 Å². The zero-order valence-corrected chi connectivity index (χ0v) is 15.8. The highest BCUT2D eigenvalue weighted by Crippen LogP contribution is 2.28. The van der Waals surface area contributed by atoms with Gasteiger partial charge in [-0.05, 0) is 18.4 Å². The summed E-state index contributed by atoms with van der Waals surface area (Å²) in [6.07, 6.45) is 5.39. The average Bonchev–Trinajstić information content (AvgIpc) is 3.21. The zero-order valence-electron chi connectivity index (χ0n) is 15.0. The molecule has 1 saturated carbocycles. The molecular weight excluding hydrogens is 362 g/mol. The minimum Gasteiger partial charge on any atom is -0.263 e. The molecule has 0 atom stereocenters. The van der Waals surface area contributed by atoms with Crippen LogP contribution in [0.4, 0.5) is 4.79 Å². The van der Waals surface area contributed by atoms with Gasteiger partial charge in [-0.15, -0.1) is 11.3 Å². The van der Waals surface area contributed by atoms with Gasteiger partial charge < -0.3 is 0 Å². The lowest BCUT2D eigenvalue weighted by Gasteiger charge is -2.28. The maximum absolute atomic E-state index is 12.7. The summed E-state index contributed by atoms with van der Waals surface area (Å²) < 4.78 is 0. The molecule has 0 radical (unpaired) electrons. The number of rotatable bonds is 5. The Hall–Kier alpha value is -2.54. The van der Waals surface area contributed by atoms with E-state index in [-0.39, 0.29) is 12.6 Å². The number of hydrogen-bond donors (Lipinski definition) is 0. The van der Waals surface area contributed by atoms with E-state index in [4.69, 9.17) is 0 Å². The molecule has 1 aromatic carbocycles. The summed E-state index contributed by atoms with van der Waals surface area (Å²) in [6, 6.07) is 9.38. The fraction of sp³-hybridized carbons (Fsp3) is 0.400. The summed E-state index contributed by atoms with van der Waals surface area (Å²) in [4.78, 5) is 44.2. The predicted molar refractivity (Wildman–Crippen MR) is 101 cm³/mol. The Morgan fingerprint density at radius 1 is 1.00 bits per heavy atom. The van der Waals surface area contributed by atoms with Gasteiger partial charge in [0.15, 0.2) is 0 Å². The molecule has 1 aliphatic carbocycles. The number of imide groups is 2. The molecule has 7 heteroatoms. The number of nitrogens with zero attached hydrogens (tertiary/aromatic N) is 3.